The summed E-state index contributed by atoms with van der Waals surface area (Å²) in [6, 6.07) is 9.16. The molecule has 2 heterocycles. The number of nitrogens with one attached hydrogen (secondary N) is 1. The Morgan fingerprint density at radius 1 is 1.24 bits per heavy atom. The number of carbonyl (C=O) groups is 1. The first kappa shape index (κ1) is 17.1. The van der Waals surface area contributed by atoms with Gasteiger partial charge in [0.25, 0.3) is 11.6 Å². The average molecular weight is 345 g/mol. The minimum atomic E-state index is -0.493. The van der Waals surface area contributed by atoms with Crippen LogP contribution in [-0.4, -0.2) is 48.6 Å². The number of ether oxygens (including phenoxy) is 1. The second kappa shape index (κ2) is 7.91. The van der Waals surface area contributed by atoms with Crippen molar-refractivity contribution in [1.29, 1.82) is 0 Å². The van der Waals surface area contributed by atoms with Crippen LogP contribution in [0.2, 0.25) is 0 Å². The molecule has 0 aliphatic carbocycles. The van der Waals surface area contributed by atoms with E-state index in [-0.39, 0.29) is 17.6 Å². The zero-order chi connectivity index (χ0) is 17.6. The fourth-order valence-corrected chi connectivity index (χ4v) is 2.81. The summed E-state index contributed by atoms with van der Waals surface area (Å²) in [5.74, 6) is 0.505. The molecular weight excluding hydrogens is 326 g/mol. The molecule has 132 valence electrons. The zero-order valence-corrected chi connectivity index (χ0v) is 13.6. The van der Waals surface area contributed by atoms with Crippen LogP contribution in [0.3, 0.4) is 0 Å². The van der Waals surface area contributed by atoms with E-state index in [1.807, 2.05) is 12.1 Å². The summed E-state index contributed by atoms with van der Waals surface area (Å²) in [6.07, 6.45) is 1.61. The van der Waals surface area contributed by atoms with E-state index in [1.165, 1.54) is 24.3 Å². The lowest BCUT2D eigenvalue weighted by Gasteiger charge is -2.33. The Morgan fingerprint density at radius 3 is 2.56 bits per heavy atom. The van der Waals surface area contributed by atoms with Gasteiger partial charge < -0.3 is 14.5 Å². The Balaban J connectivity index is 1.65. The highest BCUT2D eigenvalue weighted by Crippen LogP contribution is 2.22. The van der Waals surface area contributed by atoms with Gasteiger partial charge in [0, 0.05) is 37.3 Å². The van der Waals surface area contributed by atoms with Gasteiger partial charge in [-0.05, 0) is 24.3 Å². The van der Waals surface area contributed by atoms with Crippen molar-refractivity contribution >= 4 is 11.6 Å². The smallest absolute Gasteiger partial charge is 0.269 e. The standard InChI is InChI=1S/C17H19N3O5/c21-17(13-3-5-14(6-4-13)20(22)23)18-12-15(16-2-1-9-25-16)19-7-10-24-11-8-19/h1-6,9,15H,7-8,10-12H2,(H,18,21)/t15-/m1/s1. The summed E-state index contributed by atoms with van der Waals surface area (Å²) >= 11 is 0. The molecule has 0 saturated carbocycles. The minimum Gasteiger partial charge on any atom is -0.468 e. The van der Waals surface area contributed by atoms with Gasteiger partial charge in [-0.15, -0.1) is 0 Å². The molecule has 1 N–H and O–H groups in total. The normalized spacial score (nSPS) is 16.3. The van der Waals surface area contributed by atoms with Gasteiger partial charge in [-0.2, -0.15) is 0 Å². The second-order valence-corrected chi connectivity index (χ2v) is 5.69. The summed E-state index contributed by atoms with van der Waals surface area (Å²) in [7, 11) is 0. The van der Waals surface area contributed by atoms with Gasteiger partial charge in [0.1, 0.15) is 5.76 Å². The number of benzene rings is 1. The van der Waals surface area contributed by atoms with Crippen LogP contribution in [0.25, 0.3) is 0 Å². The third-order valence-corrected chi connectivity index (χ3v) is 4.15. The largest absolute Gasteiger partial charge is 0.468 e. The number of nitrogens with zero attached hydrogens (tertiary/aromatic N) is 2. The van der Waals surface area contributed by atoms with Crippen LogP contribution in [0.1, 0.15) is 22.2 Å². The van der Waals surface area contributed by atoms with Crippen molar-refractivity contribution in [3.63, 3.8) is 0 Å². The van der Waals surface area contributed by atoms with Crippen LogP contribution >= 0.6 is 0 Å². The van der Waals surface area contributed by atoms with Crippen molar-refractivity contribution < 1.29 is 18.9 Å². The van der Waals surface area contributed by atoms with Gasteiger partial charge >= 0.3 is 0 Å². The van der Waals surface area contributed by atoms with Crippen LogP contribution in [0.5, 0.6) is 0 Å². The van der Waals surface area contributed by atoms with Gasteiger partial charge in [-0.25, -0.2) is 0 Å². The van der Waals surface area contributed by atoms with E-state index in [2.05, 4.69) is 10.2 Å². The fraction of sp³-hybridized carbons (Fsp3) is 0.353. The highest BCUT2D eigenvalue weighted by molar-refractivity contribution is 5.94. The highest BCUT2D eigenvalue weighted by atomic mass is 16.6. The quantitative estimate of drug-likeness (QED) is 0.635. The van der Waals surface area contributed by atoms with Gasteiger partial charge in [0.05, 0.1) is 30.4 Å². The Hall–Kier alpha value is -2.71. The van der Waals surface area contributed by atoms with Crippen LogP contribution in [0.4, 0.5) is 5.69 Å². The van der Waals surface area contributed by atoms with Crippen LogP contribution in [-0.2, 0) is 4.74 Å². The van der Waals surface area contributed by atoms with E-state index in [1.54, 1.807) is 6.26 Å². The molecule has 1 aromatic carbocycles. The molecule has 1 amide bonds. The first-order valence-electron chi connectivity index (χ1n) is 8.03. The topological polar surface area (TPSA) is 97.9 Å². The number of rotatable bonds is 6. The summed E-state index contributed by atoms with van der Waals surface area (Å²) in [5, 5.41) is 13.6. The summed E-state index contributed by atoms with van der Waals surface area (Å²) in [6.45, 7) is 3.20. The fourth-order valence-electron chi connectivity index (χ4n) is 2.81. The summed E-state index contributed by atoms with van der Waals surface area (Å²) in [4.78, 5) is 24.7. The molecule has 1 aliphatic rings. The predicted molar refractivity (Wildman–Crippen MR) is 89.3 cm³/mol. The number of hydrogen-bond acceptors (Lipinski definition) is 6. The van der Waals surface area contributed by atoms with Crippen molar-refractivity contribution in [3.05, 3.63) is 64.1 Å². The maximum Gasteiger partial charge on any atom is 0.269 e. The SMILES string of the molecule is O=C(NC[C@H](c1ccco1)N1CCOCC1)c1ccc([N+](=O)[O-])cc1. The third-order valence-electron chi connectivity index (χ3n) is 4.15. The van der Waals surface area contributed by atoms with E-state index < -0.39 is 4.92 Å². The minimum absolute atomic E-state index is 0.0432. The van der Waals surface area contributed by atoms with E-state index in [9.17, 15) is 14.9 Å². The van der Waals surface area contributed by atoms with Gasteiger partial charge in [-0.3, -0.25) is 19.8 Å². The molecule has 0 spiro atoms. The van der Waals surface area contributed by atoms with Crippen molar-refractivity contribution in [1.82, 2.24) is 10.2 Å². The molecule has 1 atom stereocenters. The second-order valence-electron chi connectivity index (χ2n) is 5.69. The van der Waals surface area contributed by atoms with E-state index in [0.717, 1.165) is 18.8 Å². The molecule has 1 aliphatic heterocycles. The van der Waals surface area contributed by atoms with Gasteiger partial charge in [-0.1, -0.05) is 0 Å². The lowest BCUT2D eigenvalue weighted by Crippen LogP contribution is -2.43. The number of carbonyl (C=O) groups excluding carboxylic acids is 1. The maximum absolute atomic E-state index is 12.3. The van der Waals surface area contributed by atoms with E-state index in [4.69, 9.17) is 9.15 Å². The Labute approximate surface area is 144 Å². The van der Waals surface area contributed by atoms with Crippen molar-refractivity contribution in [3.8, 4) is 0 Å². The Bertz CT molecular complexity index is 708. The lowest BCUT2D eigenvalue weighted by atomic mass is 10.1. The van der Waals surface area contributed by atoms with Crippen LogP contribution in [0, 0.1) is 10.1 Å². The first-order chi connectivity index (χ1) is 12.1. The number of nitro benzene ring substituents is 1. The molecule has 25 heavy (non-hydrogen) atoms. The number of nitro groups is 1. The predicted octanol–water partition coefficient (Wildman–Crippen LogP) is 1.99. The highest BCUT2D eigenvalue weighted by Gasteiger charge is 2.25. The molecule has 0 unspecified atom stereocenters. The van der Waals surface area contributed by atoms with Crippen LogP contribution < -0.4 is 5.32 Å². The number of hydrogen-bond donors (Lipinski definition) is 1. The maximum atomic E-state index is 12.3. The molecule has 3 rings (SSSR count). The molecule has 1 saturated heterocycles. The molecule has 8 nitrogen and oxygen atoms in total. The number of non-ortho nitro benzene ring substituents is 1. The van der Waals surface area contributed by atoms with Crippen molar-refractivity contribution in [2.45, 2.75) is 6.04 Å². The van der Waals surface area contributed by atoms with Crippen molar-refractivity contribution in [2.75, 3.05) is 32.8 Å². The van der Waals surface area contributed by atoms with Crippen molar-refractivity contribution in [2.24, 2.45) is 0 Å². The number of morpholine rings is 1. The molecule has 1 fully saturated rings. The van der Waals surface area contributed by atoms with E-state index >= 15 is 0 Å². The number of furan rings is 1. The van der Waals surface area contributed by atoms with Gasteiger partial charge in [0.2, 0.25) is 0 Å². The molecule has 0 bridgehead atoms. The van der Waals surface area contributed by atoms with Crippen LogP contribution in [0.15, 0.2) is 47.1 Å². The Kier molecular flexibility index (Phi) is 5.42. The molecule has 0 radical (unpaired) electrons. The summed E-state index contributed by atoms with van der Waals surface area (Å²) in [5.41, 5.74) is 0.337. The van der Waals surface area contributed by atoms with E-state index in [0.29, 0.717) is 25.3 Å². The molecule has 8 heteroatoms. The average Bonchev–Trinajstić information content (AvgIpc) is 3.17. The zero-order valence-electron chi connectivity index (χ0n) is 13.6. The van der Waals surface area contributed by atoms with Gasteiger partial charge in [0.15, 0.2) is 0 Å². The monoisotopic (exact) mass is 345 g/mol. The number of amides is 1. The third kappa shape index (κ3) is 4.23. The summed E-state index contributed by atoms with van der Waals surface area (Å²) < 4.78 is 10.9. The first-order valence-corrected chi connectivity index (χ1v) is 8.03. The molecule has 2 aromatic rings. The Morgan fingerprint density at radius 2 is 1.96 bits per heavy atom. The molecule has 1 aromatic heterocycles. The lowest BCUT2D eigenvalue weighted by molar-refractivity contribution is -0.384. The molecular formula is C17H19N3O5.